The van der Waals surface area contributed by atoms with Crippen molar-refractivity contribution in [1.29, 1.82) is 0 Å². The molecule has 0 radical (unpaired) electrons. The van der Waals surface area contributed by atoms with Gasteiger partial charge in [-0.2, -0.15) is 0 Å². The van der Waals surface area contributed by atoms with Crippen LogP contribution in [0.2, 0.25) is 0 Å². The predicted octanol–water partition coefficient (Wildman–Crippen LogP) is 5.74. The number of phenols is 1. The maximum absolute atomic E-state index is 10.4. The van der Waals surface area contributed by atoms with Crippen LogP contribution in [-0.4, -0.2) is 24.9 Å². The smallest absolute Gasteiger partial charge is 0.173 e. The summed E-state index contributed by atoms with van der Waals surface area (Å²) in [5, 5.41) is 10.4. The molecule has 3 atom stereocenters. The van der Waals surface area contributed by atoms with Crippen LogP contribution in [0.4, 0.5) is 0 Å². The monoisotopic (exact) mass is 372 g/mol. The van der Waals surface area contributed by atoms with Crippen LogP contribution in [-0.2, 0) is 0 Å². The molecule has 0 amide bonds. The van der Waals surface area contributed by atoms with Crippen LogP contribution in [0.5, 0.6) is 23.0 Å². The number of allylic oxidation sites excluding steroid dienone is 2. The van der Waals surface area contributed by atoms with Gasteiger partial charge in [-0.05, 0) is 63.0 Å². The summed E-state index contributed by atoms with van der Waals surface area (Å²) in [7, 11) is 3.13. The average Bonchev–Trinajstić information content (AvgIpc) is 2.65. The SMILES string of the molecule is COc1cc(OC)c2c(c1O)C=CC(C)(CCC1(C)CCC=C(C)C1C)O2. The minimum absolute atomic E-state index is 0.0835. The van der Waals surface area contributed by atoms with Gasteiger partial charge in [0.2, 0.25) is 0 Å². The van der Waals surface area contributed by atoms with Crippen molar-refractivity contribution in [3.8, 4) is 23.0 Å². The van der Waals surface area contributed by atoms with Gasteiger partial charge in [0.05, 0.1) is 19.8 Å². The summed E-state index contributed by atoms with van der Waals surface area (Å²) < 4.78 is 17.1. The van der Waals surface area contributed by atoms with Gasteiger partial charge >= 0.3 is 0 Å². The first-order valence-corrected chi connectivity index (χ1v) is 9.76. The van der Waals surface area contributed by atoms with Gasteiger partial charge in [0.1, 0.15) is 5.60 Å². The van der Waals surface area contributed by atoms with E-state index >= 15 is 0 Å². The summed E-state index contributed by atoms with van der Waals surface area (Å²) in [6.07, 6.45) is 10.7. The van der Waals surface area contributed by atoms with Crippen LogP contribution in [0, 0.1) is 11.3 Å². The Morgan fingerprint density at radius 3 is 2.56 bits per heavy atom. The van der Waals surface area contributed by atoms with Crippen molar-refractivity contribution in [2.24, 2.45) is 11.3 Å². The molecular weight excluding hydrogens is 340 g/mol. The Bertz CT molecular complexity index is 779. The van der Waals surface area contributed by atoms with Gasteiger partial charge < -0.3 is 19.3 Å². The van der Waals surface area contributed by atoms with Crippen molar-refractivity contribution < 1.29 is 19.3 Å². The van der Waals surface area contributed by atoms with E-state index in [2.05, 4.69) is 33.8 Å². The topological polar surface area (TPSA) is 47.9 Å². The number of hydrogen-bond donors (Lipinski definition) is 1. The molecule has 0 aromatic heterocycles. The maximum atomic E-state index is 10.4. The van der Waals surface area contributed by atoms with Gasteiger partial charge in [-0.1, -0.05) is 25.5 Å². The molecule has 3 rings (SSSR count). The number of rotatable bonds is 5. The molecule has 4 nitrogen and oxygen atoms in total. The van der Waals surface area contributed by atoms with E-state index in [4.69, 9.17) is 14.2 Å². The highest BCUT2D eigenvalue weighted by Crippen LogP contribution is 2.50. The number of hydrogen-bond acceptors (Lipinski definition) is 4. The maximum Gasteiger partial charge on any atom is 0.173 e. The quantitative estimate of drug-likeness (QED) is 0.670. The third-order valence-corrected chi connectivity index (χ3v) is 6.70. The van der Waals surface area contributed by atoms with E-state index in [-0.39, 0.29) is 11.2 Å². The van der Waals surface area contributed by atoms with E-state index in [0.717, 1.165) is 19.3 Å². The normalized spacial score (nSPS) is 29.6. The summed E-state index contributed by atoms with van der Waals surface area (Å²) in [5.74, 6) is 2.20. The third kappa shape index (κ3) is 3.54. The van der Waals surface area contributed by atoms with Gasteiger partial charge in [-0.15, -0.1) is 0 Å². The molecule has 27 heavy (non-hydrogen) atoms. The van der Waals surface area contributed by atoms with Gasteiger partial charge in [0, 0.05) is 6.07 Å². The molecule has 1 aliphatic heterocycles. The summed E-state index contributed by atoms with van der Waals surface area (Å²) >= 11 is 0. The minimum Gasteiger partial charge on any atom is -0.504 e. The lowest BCUT2D eigenvalue weighted by atomic mass is 9.65. The second-order valence-corrected chi connectivity index (χ2v) is 8.48. The Kier molecular flexibility index (Phi) is 5.20. The lowest BCUT2D eigenvalue weighted by molar-refractivity contribution is 0.0839. The first-order valence-electron chi connectivity index (χ1n) is 9.76. The second-order valence-electron chi connectivity index (χ2n) is 8.48. The van der Waals surface area contributed by atoms with Crippen LogP contribution >= 0.6 is 0 Å². The molecule has 3 unspecified atom stereocenters. The number of benzene rings is 1. The number of methoxy groups -OCH3 is 2. The zero-order chi connectivity index (χ0) is 19.8. The zero-order valence-corrected chi connectivity index (χ0v) is 17.4. The lowest BCUT2D eigenvalue weighted by Crippen LogP contribution is -2.36. The van der Waals surface area contributed by atoms with Crippen LogP contribution in [0.15, 0.2) is 23.8 Å². The van der Waals surface area contributed by atoms with Crippen LogP contribution in [0.25, 0.3) is 6.08 Å². The molecule has 1 aromatic carbocycles. The average molecular weight is 373 g/mol. The number of aromatic hydroxyl groups is 1. The zero-order valence-electron chi connectivity index (χ0n) is 17.4. The third-order valence-electron chi connectivity index (χ3n) is 6.70. The van der Waals surface area contributed by atoms with E-state index in [0.29, 0.717) is 28.7 Å². The van der Waals surface area contributed by atoms with Crippen molar-refractivity contribution in [1.82, 2.24) is 0 Å². The largest absolute Gasteiger partial charge is 0.504 e. The van der Waals surface area contributed by atoms with Crippen molar-refractivity contribution in [2.75, 3.05) is 14.2 Å². The Hall–Kier alpha value is -2.10. The number of ether oxygens (including phenoxy) is 3. The molecular formula is C23H32O4. The van der Waals surface area contributed by atoms with Crippen molar-refractivity contribution in [3.63, 3.8) is 0 Å². The molecule has 0 fully saturated rings. The van der Waals surface area contributed by atoms with Crippen LogP contribution in [0.3, 0.4) is 0 Å². The highest BCUT2D eigenvalue weighted by atomic mass is 16.5. The number of phenolic OH excluding ortho intramolecular Hbond substituents is 1. The first kappa shape index (κ1) is 19.7. The Balaban J connectivity index is 1.83. The van der Waals surface area contributed by atoms with Crippen molar-refractivity contribution in [2.45, 2.75) is 59.0 Å². The molecule has 0 saturated carbocycles. The molecule has 4 heteroatoms. The van der Waals surface area contributed by atoms with E-state index in [1.807, 2.05) is 12.2 Å². The molecule has 1 aromatic rings. The number of fused-ring (bicyclic) bond motifs is 1. The molecule has 1 heterocycles. The summed E-state index contributed by atoms with van der Waals surface area (Å²) in [5.41, 5.74) is 1.96. The second kappa shape index (κ2) is 7.14. The van der Waals surface area contributed by atoms with Gasteiger partial charge in [0.15, 0.2) is 23.0 Å². The summed E-state index contributed by atoms with van der Waals surface area (Å²) in [4.78, 5) is 0. The molecule has 0 saturated heterocycles. The van der Waals surface area contributed by atoms with Gasteiger partial charge in [-0.25, -0.2) is 0 Å². The van der Waals surface area contributed by atoms with Gasteiger partial charge in [-0.3, -0.25) is 0 Å². The van der Waals surface area contributed by atoms with Crippen LogP contribution in [0.1, 0.15) is 58.9 Å². The Morgan fingerprint density at radius 1 is 1.19 bits per heavy atom. The Labute approximate surface area is 162 Å². The molecule has 1 N–H and O–H groups in total. The highest BCUT2D eigenvalue weighted by molar-refractivity contribution is 5.74. The first-order chi connectivity index (χ1) is 12.7. The molecule has 0 spiro atoms. The fraction of sp³-hybridized carbons (Fsp3) is 0.565. The molecule has 0 bridgehead atoms. The highest BCUT2D eigenvalue weighted by Gasteiger charge is 2.38. The van der Waals surface area contributed by atoms with E-state index in [9.17, 15) is 5.11 Å². The fourth-order valence-electron chi connectivity index (χ4n) is 4.30. The fourth-order valence-corrected chi connectivity index (χ4v) is 4.30. The van der Waals surface area contributed by atoms with E-state index < -0.39 is 5.60 Å². The predicted molar refractivity (Wildman–Crippen MR) is 109 cm³/mol. The molecule has 1 aliphatic carbocycles. The van der Waals surface area contributed by atoms with Crippen LogP contribution < -0.4 is 14.2 Å². The summed E-state index contributed by atoms with van der Waals surface area (Å²) in [6, 6.07) is 1.67. The standard InChI is InChI=1S/C23H32O4/c1-15-8-7-10-22(3,16(15)2)12-13-23(4)11-9-17-20(24)18(25-5)14-19(26-6)21(17)27-23/h8-9,11,14,16,24H,7,10,12-13H2,1-6H3. The summed E-state index contributed by atoms with van der Waals surface area (Å²) in [6.45, 7) is 9.09. The van der Waals surface area contributed by atoms with Gasteiger partial charge in [0.25, 0.3) is 0 Å². The molecule has 2 aliphatic rings. The van der Waals surface area contributed by atoms with Crippen molar-refractivity contribution >= 4 is 6.08 Å². The Morgan fingerprint density at radius 2 is 1.89 bits per heavy atom. The van der Waals surface area contributed by atoms with Crippen molar-refractivity contribution in [3.05, 3.63) is 29.4 Å². The minimum atomic E-state index is -0.431. The molecule has 148 valence electrons. The van der Waals surface area contributed by atoms with E-state index in [1.54, 1.807) is 13.2 Å². The lowest BCUT2D eigenvalue weighted by Gasteiger charge is -2.42. The van der Waals surface area contributed by atoms with E-state index in [1.165, 1.54) is 19.1 Å².